The van der Waals surface area contributed by atoms with Crippen molar-refractivity contribution in [1.29, 1.82) is 0 Å². The number of benzene rings is 8. The topological polar surface area (TPSA) is 3.24 Å². The lowest BCUT2D eigenvalue weighted by molar-refractivity contribution is 1.30. The maximum absolute atomic E-state index is 2.43. The SMILES string of the molecule is c1cc(-c2cccc3c2ccc2ccccc23)cc(N(c2ccc3c(c2)sc2ccccc23)c2cccc3ccccc23)c1. The number of fused-ring (bicyclic) bond motifs is 7. The molecule has 9 rings (SSSR count). The van der Waals surface area contributed by atoms with Crippen LogP contribution < -0.4 is 4.90 Å². The molecular weight excluding hydrogens is 551 g/mol. The maximum atomic E-state index is 2.43. The van der Waals surface area contributed by atoms with Crippen molar-refractivity contribution < 1.29 is 0 Å². The van der Waals surface area contributed by atoms with Crippen molar-refractivity contribution in [1.82, 2.24) is 0 Å². The van der Waals surface area contributed by atoms with Crippen molar-refractivity contribution in [2.24, 2.45) is 0 Å². The van der Waals surface area contributed by atoms with Gasteiger partial charge in [-0.15, -0.1) is 11.3 Å². The Morgan fingerprint density at radius 1 is 0.364 bits per heavy atom. The van der Waals surface area contributed by atoms with Crippen molar-refractivity contribution in [3.05, 3.63) is 164 Å². The summed E-state index contributed by atoms with van der Waals surface area (Å²) in [5.74, 6) is 0. The van der Waals surface area contributed by atoms with Gasteiger partial charge in [-0.1, -0.05) is 127 Å². The highest BCUT2D eigenvalue weighted by molar-refractivity contribution is 7.25. The molecule has 1 aromatic heterocycles. The summed E-state index contributed by atoms with van der Waals surface area (Å²) in [6.45, 7) is 0. The molecule has 0 atom stereocenters. The average molecular weight is 578 g/mol. The van der Waals surface area contributed by atoms with Gasteiger partial charge in [-0.3, -0.25) is 0 Å². The zero-order valence-corrected chi connectivity index (χ0v) is 24.8. The second kappa shape index (κ2) is 10.1. The summed E-state index contributed by atoms with van der Waals surface area (Å²) < 4.78 is 2.62. The molecule has 1 nitrogen and oxygen atoms in total. The first-order valence-corrected chi connectivity index (χ1v) is 15.8. The molecule has 0 bridgehead atoms. The molecule has 0 radical (unpaired) electrons. The van der Waals surface area contributed by atoms with Crippen LogP contribution in [0.1, 0.15) is 0 Å². The smallest absolute Gasteiger partial charge is 0.0540 e. The van der Waals surface area contributed by atoms with Crippen LogP contribution >= 0.6 is 11.3 Å². The third-order valence-corrected chi connectivity index (χ3v) is 9.96. The molecule has 0 N–H and O–H groups in total. The highest BCUT2D eigenvalue weighted by Crippen LogP contribution is 2.44. The number of anilines is 3. The predicted octanol–water partition coefficient (Wildman–Crippen LogP) is 12.7. The number of nitrogens with zero attached hydrogens (tertiary/aromatic N) is 1. The van der Waals surface area contributed by atoms with Crippen molar-refractivity contribution >= 4 is 80.9 Å². The van der Waals surface area contributed by atoms with Crippen LogP contribution in [0.15, 0.2) is 164 Å². The Morgan fingerprint density at radius 2 is 1.00 bits per heavy atom. The molecule has 0 saturated carbocycles. The average Bonchev–Trinajstić information content (AvgIpc) is 3.46. The fourth-order valence-corrected chi connectivity index (χ4v) is 7.93. The number of hydrogen-bond donors (Lipinski definition) is 0. The molecule has 0 spiro atoms. The fourth-order valence-electron chi connectivity index (χ4n) is 6.79. The van der Waals surface area contributed by atoms with Crippen molar-refractivity contribution in [3.8, 4) is 11.1 Å². The van der Waals surface area contributed by atoms with E-state index in [2.05, 4.69) is 169 Å². The van der Waals surface area contributed by atoms with Gasteiger partial charge in [0.15, 0.2) is 0 Å². The predicted molar refractivity (Wildman–Crippen MR) is 192 cm³/mol. The minimum absolute atomic E-state index is 1.14. The second-order valence-electron chi connectivity index (χ2n) is 11.4. The van der Waals surface area contributed by atoms with E-state index in [0.717, 1.165) is 11.4 Å². The summed E-state index contributed by atoms with van der Waals surface area (Å²) in [7, 11) is 0. The van der Waals surface area contributed by atoms with E-state index >= 15 is 0 Å². The van der Waals surface area contributed by atoms with E-state index in [9.17, 15) is 0 Å². The van der Waals surface area contributed by atoms with Gasteiger partial charge in [0, 0.05) is 36.9 Å². The molecule has 0 aliphatic rings. The first-order chi connectivity index (χ1) is 21.8. The van der Waals surface area contributed by atoms with Crippen LogP contribution in [0.4, 0.5) is 17.1 Å². The normalized spacial score (nSPS) is 11.6. The van der Waals surface area contributed by atoms with E-state index < -0.39 is 0 Å². The van der Waals surface area contributed by atoms with E-state index in [1.54, 1.807) is 0 Å². The summed E-state index contributed by atoms with van der Waals surface area (Å²) in [4.78, 5) is 2.43. The van der Waals surface area contributed by atoms with Crippen LogP contribution in [0.2, 0.25) is 0 Å². The van der Waals surface area contributed by atoms with Gasteiger partial charge in [0.25, 0.3) is 0 Å². The van der Waals surface area contributed by atoms with Crippen LogP contribution in [0, 0.1) is 0 Å². The number of hydrogen-bond acceptors (Lipinski definition) is 2. The van der Waals surface area contributed by atoms with Crippen LogP contribution in [0.25, 0.3) is 63.6 Å². The van der Waals surface area contributed by atoms with Gasteiger partial charge in [0.2, 0.25) is 0 Å². The summed E-state index contributed by atoms with van der Waals surface area (Å²) in [6, 6.07) is 59.8. The molecule has 0 fully saturated rings. The number of rotatable bonds is 4. The van der Waals surface area contributed by atoms with Gasteiger partial charge in [0.1, 0.15) is 0 Å². The lowest BCUT2D eigenvalue weighted by Crippen LogP contribution is -2.10. The fraction of sp³-hybridized carbons (Fsp3) is 0. The maximum Gasteiger partial charge on any atom is 0.0540 e. The van der Waals surface area contributed by atoms with Crippen molar-refractivity contribution in [2.45, 2.75) is 0 Å². The quantitative estimate of drug-likeness (QED) is 0.188. The minimum atomic E-state index is 1.14. The Kier molecular flexibility index (Phi) is 5.75. The molecule has 0 amide bonds. The molecule has 0 aliphatic carbocycles. The molecule has 206 valence electrons. The summed E-state index contributed by atoms with van der Waals surface area (Å²) in [5, 5.41) is 10.2. The monoisotopic (exact) mass is 577 g/mol. The Morgan fingerprint density at radius 3 is 1.91 bits per heavy atom. The van der Waals surface area contributed by atoms with E-state index in [4.69, 9.17) is 0 Å². The van der Waals surface area contributed by atoms with E-state index in [1.807, 2.05) is 11.3 Å². The molecule has 44 heavy (non-hydrogen) atoms. The van der Waals surface area contributed by atoms with Crippen molar-refractivity contribution in [2.75, 3.05) is 4.90 Å². The van der Waals surface area contributed by atoms with Gasteiger partial charge < -0.3 is 4.90 Å². The number of thiophene rings is 1. The summed E-state index contributed by atoms with van der Waals surface area (Å²) in [5.41, 5.74) is 5.91. The zero-order valence-electron chi connectivity index (χ0n) is 23.9. The third kappa shape index (κ3) is 4.00. The Hall–Kier alpha value is -5.44. The molecule has 0 saturated heterocycles. The molecule has 8 aromatic carbocycles. The Balaban J connectivity index is 1.27. The molecular formula is C42H27NS. The zero-order chi connectivity index (χ0) is 29.0. The lowest BCUT2D eigenvalue weighted by atomic mass is 9.94. The van der Waals surface area contributed by atoms with E-state index in [0.29, 0.717) is 0 Å². The highest BCUT2D eigenvalue weighted by Gasteiger charge is 2.18. The summed E-state index contributed by atoms with van der Waals surface area (Å²) in [6.07, 6.45) is 0. The molecule has 1 heterocycles. The minimum Gasteiger partial charge on any atom is -0.310 e. The van der Waals surface area contributed by atoms with Gasteiger partial charge in [-0.2, -0.15) is 0 Å². The van der Waals surface area contributed by atoms with Gasteiger partial charge in [0.05, 0.1) is 5.69 Å². The van der Waals surface area contributed by atoms with Crippen molar-refractivity contribution in [3.63, 3.8) is 0 Å². The van der Waals surface area contributed by atoms with Crippen LogP contribution in [-0.4, -0.2) is 0 Å². The van der Waals surface area contributed by atoms with Gasteiger partial charge >= 0.3 is 0 Å². The first-order valence-electron chi connectivity index (χ1n) is 15.0. The van der Waals surface area contributed by atoms with Crippen LogP contribution in [0.5, 0.6) is 0 Å². The molecule has 9 aromatic rings. The standard InChI is InChI=1S/C42H27NS/c1-3-15-33-29(11-1)22-24-37-34(18-9-19-36(33)37)30-13-7-14-31(26-30)43(40-20-8-12-28-10-2-4-16-35(28)40)32-23-25-39-38-17-5-6-21-41(38)44-42(39)27-32/h1-27H. The Bertz CT molecular complexity index is 2520. The van der Waals surface area contributed by atoms with E-state index in [1.165, 1.54) is 69.3 Å². The molecule has 0 aliphatic heterocycles. The third-order valence-electron chi connectivity index (χ3n) is 8.83. The van der Waals surface area contributed by atoms with Crippen LogP contribution in [-0.2, 0) is 0 Å². The van der Waals surface area contributed by atoms with Gasteiger partial charge in [-0.25, -0.2) is 0 Å². The summed E-state index contributed by atoms with van der Waals surface area (Å²) >= 11 is 1.86. The molecule has 2 heteroatoms. The second-order valence-corrected chi connectivity index (χ2v) is 12.4. The largest absolute Gasteiger partial charge is 0.310 e. The highest BCUT2D eigenvalue weighted by atomic mass is 32.1. The lowest BCUT2D eigenvalue weighted by Gasteiger charge is -2.27. The van der Waals surface area contributed by atoms with E-state index in [-0.39, 0.29) is 0 Å². The van der Waals surface area contributed by atoms with Crippen LogP contribution in [0.3, 0.4) is 0 Å². The Labute approximate surface area is 259 Å². The van der Waals surface area contributed by atoms with Gasteiger partial charge in [-0.05, 0) is 74.5 Å². The molecule has 0 unspecified atom stereocenters. The first kappa shape index (κ1) is 25.1.